The van der Waals surface area contributed by atoms with Crippen molar-refractivity contribution in [1.29, 1.82) is 0 Å². The van der Waals surface area contributed by atoms with E-state index in [0.29, 0.717) is 44.7 Å². The van der Waals surface area contributed by atoms with Crippen molar-refractivity contribution in [3.05, 3.63) is 0 Å². The molecule has 1 rings (SSSR count). The molecule has 0 aromatic carbocycles. The fourth-order valence-electron chi connectivity index (χ4n) is 3.63. The van der Waals surface area contributed by atoms with Crippen LogP contribution < -0.4 is 0 Å². The third kappa shape index (κ3) is 8.57. The molecule has 144 valence electrons. The van der Waals surface area contributed by atoms with Crippen LogP contribution >= 0.6 is 15.9 Å². The Morgan fingerprint density at radius 2 is 1.67 bits per heavy atom. The Kier molecular flexibility index (Phi) is 10.3. The zero-order chi connectivity index (χ0) is 18.1. The van der Waals surface area contributed by atoms with Gasteiger partial charge >= 0.3 is 4.83 Å². The van der Waals surface area contributed by atoms with Crippen LogP contribution in [0.1, 0.15) is 72.1 Å². The Hall–Kier alpha value is 0.260. The number of ether oxygens (including phenoxy) is 2. The topological polar surface area (TPSA) is 18.5 Å². The first kappa shape index (κ1) is 22.3. The molecule has 1 saturated carbocycles. The molecular formula is C19H35BrF2O2. The van der Waals surface area contributed by atoms with Crippen LogP contribution in [0.4, 0.5) is 8.78 Å². The van der Waals surface area contributed by atoms with E-state index in [-0.39, 0.29) is 11.8 Å². The van der Waals surface area contributed by atoms with Crippen LogP contribution in [0.25, 0.3) is 0 Å². The maximum absolute atomic E-state index is 13.5. The van der Waals surface area contributed by atoms with Gasteiger partial charge in [-0.15, -0.1) is 0 Å². The quantitative estimate of drug-likeness (QED) is 0.272. The normalized spacial score (nSPS) is 19.6. The SMILES string of the molecule is CCOCC(CCC(F)(F)Br)(COCCC(C)C)C1CCCCC1. The van der Waals surface area contributed by atoms with E-state index in [9.17, 15) is 8.78 Å². The van der Waals surface area contributed by atoms with Crippen LogP contribution in [-0.4, -0.2) is 31.3 Å². The fourth-order valence-corrected chi connectivity index (χ4v) is 3.83. The largest absolute Gasteiger partial charge is 0.381 e. The number of halogens is 3. The van der Waals surface area contributed by atoms with E-state index in [1.165, 1.54) is 19.3 Å². The third-order valence-corrected chi connectivity index (χ3v) is 5.60. The minimum absolute atomic E-state index is 0.163. The molecule has 24 heavy (non-hydrogen) atoms. The van der Waals surface area contributed by atoms with Crippen molar-refractivity contribution in [2.24, 2.45) is 17.3 Å². The summed E-state index contributed by atoms with van der Waals surface area (Å²) in [5.41, 5.74) is -0.287. The first-order chi connectivity index (χ1) is 11.3. The second-order valence-corrected chi connectivity index (χ2v) is 8.84. The van der Waals surface area contributed by atoms with Gasteiger partial charge in [-0.1, -0.05) is 33.1 Å². The summed E-state index contributed by atoms with van der Waals surface area (Å²) >= 11 is 2.51. The van der Waals surface area contributed by atoms with Crippen molar-refractivity contribution in [2.45, 2.75) is 77.0 Å². The van der Waals surface area contributed by atoms with Crippen molar-refractivity contribution >= 4 is 15.9 Å². The molecule has 1 atom stereocenters. The average Bonchev–Trinajstić information content (AvgIpc) is 2.53. The lowest BCUT2D eigenvalue weighted by molar-refractivity contribution is -0.0772. The van der Waals surface area contributed by atoms with Crippen LogP contribution in [0.15, 0.2) is 0 Å². The molecule has 1 aliphatic carbocycles. The molecule has 1 fully saturated rings. The van der Waals surface area contributed by atoms with Crippen molar-refractivity contribution in [3.63, 3.8) is 0 Å². The molecule has 0 aromatic rings. The lowest BCUT2D eigenvalue weighted by Crippen LogP contribution is -2.42. The summed E-state index contributed by atoms with van der Waals surface area (Å²) in [7, 11) is 0. The molecule has 1 unspecified atom stereocenters. The molecule has 2 nitrogen and oxygen atoms in total. The molecule has 0 radical (unpaired) electrons. The highest BCUT2D eigenvalue weighted by atomic mass is 79.9. The van der Waals surface area contributed by atoms with Gasteiger partial charge in [-0.05, 0) is 60.4 Å². The first-order valence-corrected chi connectivity index (χ1v) is 10.3. The Bertz CT molecular complexity index is 328. The highest BCUT2D eigenvalue weighted by Crippen LogP contribution is 2.45. The lowest BCUT2D eigenvalue weighted by atomic mass is 9.67. The fraction of sp³-hybridized carbons (Fsp3) is 1.00. The average molecular weight is 413 g/mol. The molecule has 0 aliphatic heterocycles. The Morgan fingerprint density at radius 3 is 2.21 bits per heavy atom. The van der Waals surface area contributed by atoms with Gasteiger partial charge in [0, 0.05) is 25.0 Å². The minimum atomic E-state index is -2.81. The van der Waals surface area contributed by atoms with Gasteiger partial charge in [0.1, 0.15) is 0 Å². The summed E-state index contributed by atoms with van der Waals surface area (Å²) in [4.78, 5) is -2.81. The monoisotopic (exact) mass is 412 g/mol. The molecule has 0 spiro atoms. The van der Waals surface area contributed by atoms with Gasteiger partial charge in [-0.25, -0.2) is 0 Å². The first-order valence-electron chi connectivity index (χ1n) is 9.51. The van der Waals surface area contributed by atoms with E-state index < -0.39 is 4.83 Å². The van der Waals surface area contributed by atoms with E-state index in [0.717, 1.165) is 19.3 Å². The van der Waals surface area contributed by atoms with Gasteiger partial charge in [0.05, 0.1) is 13.2 Å². The predicted molar refractivity (Wildman–Crippen MR) is 98.9 cm³/mol. The third-order valence-electron chi connectivity index (χ3n) is 5.20. The molecule has 5 heteroatoms. The summed E-state index contributed by atoms with van der Waals surface area (Å²) in [6.45, 7) is 8.68. The number of hydrogen-bond acceptors (Lipinski definition) is 2. The van der Waals surface area contributed by atoms with E-state index in [2.05, 4.69) is 29.8 Å². The zero-order valence-electron chi connectivity index (χ0n) is 15.6. The highest BCUT2D eigenvalue weighted by molar-refractivity contribution is 9.09. The van der Waals surface area contributed by atoms with Crippen LogP contribution in [0.3, 0.4) is 0 Å². The summed E-state index contributed by atoms with van der Waals surface area (Å²) in [5, 5.41) is 0. The van der Waals surface area contributed by atoms with E-state index in [1.54, 1.807) is 0 Å². The minimum Gasteiger partial charge on any atom is -0.381 e. The Balaban J connectivity index is 2.79. The summed E-state index contributed by atoms with van der Waals surface area (Å²) < 4.78 is 38.7. The zero-order valence-corrected chi connectivity index (χ0v) is 17.2. The summed E-state index contributed by atoms with van der Waals surface area (Å²) in [6.07, 6.45) is 7.13. The molecular weight excluding hydrogens is 378 g/mol. The summed E-state index contributed by atoms with van der Waals surface area (Å²) in [5.74, 6) is 1.01. The van der Waals surface area contributed by atoms with Crippen LogP contribution in [-0.2, 0) is 9.47 Å². The molecule has 0 N–H and O–H groups in total. The molecule has 0 amide bonds. The highest BCUT2D eigenvalue weighted by Gasteiger charge is 2.42. The predicted octanol–water partition coefficient (Wildman–Crippen LogP) is 6.42. The molecule has 0 bridgehead atoms. The van der Waals surface area contributed by atoms with Gasteiger partial charge in [0.15, 0.2) is 0 Å². The van der Waals surface area contributed by atoms with Crippen molar-refractivity contribution in [2.75, 3.05) is 26.4 Å². The van der Waals surface area contributed by atoms with E-state index >= 15 is 0 Å². The van der Waals surface area contributed by atoms with Gasteiger partial charge in [-0.2, -0.15) is 8.78 Å². The second-order valence-electron chi connectivity index (χ2n) is 7.68. The second kappa shape index (κ2) is 11.1. The van der Waals surface area contributed by atoms with Gasteiger partial charge < -0.3 is 9.47 Å². The maximum Gasteiger partial charge on any atom is 0.301 e. The summed E-state index contributed by atoms with van der Waals surface area (Å²) in [6, 6.07) is 0. The standard InChI is InChI=1S/C19H35BrF2O2/c1-4-23-14-18(11-12-19(20,21)22,15-24-13-10-16(2)3)17-8-6-5-7-9-17/h16-17H,4-15H2,1-3H3. The molecule has 0 aromatic heterocycles. The smallest absolute Gasteiger partial charge is 0.301 e. The van der Waals surface area contributed by atoms with Crippen LogP contribution in [0, 0.1) is 17.3 Å². The lowest BCUT2D eigenvalue weighted by Gasteiger charge is -2.43. The van der Waals surface area contributed by atoms with Crippen molar-refractivity contribution in [3.8, 4) is 0 Å². The molecule has 1 aliphatic rings. The number of hydrogen-bond donors (Lipinski definition) is 0. The maximum atomic E-state index is 13.5. The van der Waals surface area contributed by atoms with Gasteiger partial charge in [-0.3, -0.25) is 0 Å². The van der Waals surface area contributed by atoms with Crippen molar-refractivity contribution in [1.82, 2.24) is 0 Å². The van der Waals surface area contributed by atoms with Crippen LogP contribution in [0.5, 0.6) is 0 Å². The van der Waals surface area contributed by atoms with Crippen molar-refractivity contribution < 1.29 is 18.3 Å². The molecule has 0 heterocycles. The van der Waals surface area contributed by atoms with Crippen LogP contribution in [0.2, 0.25) is 0 Å². The van der Waals surface area contributed by atoms with E-state index in [1.807, 2.05) is 6.92 Å². The number of alkyl halides is 3. The Morgan fingerprint density at radius 1 is 1.04 bits per heavy atom. The van der Waals surface area contributed by atoms with Gasteiger partial charge in [0.2, 0.25) is 0 Å². The number of rotatable bonds is 12. The molecule has 0 saturated heterocycles. The Labute approximate surface area is 155 Å². The van der Waals surface area contributed by atoms with E-state index in [4.69, 9.17) is 9.47 Å². The van der Waals surface area contributed by atoms with Gasteiger partial charge in [0.25, 0.3) is 0 Å².